The molecule has 0 radical (unpaired) electrons. The number of aromatic nitrogens is 2. The molecule has 1 aliphatic rings. The van der Waals surface area contributed by atoms with Gasteiger partial charge in [-0.25, -0.2) is 14.8 Å². The first-order chi connectivity index (χ1) is 9.68. The first-order valence-corrected chi connectivity index (χ1v) is 7.44. The van der Waals surface area contributed by atoms with Crippen LogP contribution in [0.15, 0.2) is 12.5 Å². The molecule has 20 heavy (non-hydrogen) atoms. The number of carboxylic acid groups (broad SMARTS) is 1. The number of carboxylic acids is 1. The van der Waals surface area contributed by atoms with Crippen molar-refractivity contribution in [2.24, 2.45) is 5.92 Å². The monoisotopic (exact) mass is 277 g/mol. The number of nitrogens with one attached hydrogen (secondary N) is 1. The second-order valence-electron chi connectivity index (χ2n) is 5.61. The number of rotatable bonds is 5. The van der Waals surface area contributed by atoms with E-state index in [-0.39, 0.29) is 5.56 Å². The van der Waals surface area contributed by atoms with E-state index in [4.69, 9.17) is 5.11 Å². The average molecular weight is 277 g/mol. The van der Waals surface area contributed by atoms with Crippen LogP contribution in [0.1, 0.15) is 61.5 Å². The minimum absolute atomic E-state index is 0.188. The van der Waals surface area contributed by atoms with Crippen LogP contribution >= 0.6 is 0 Å². The lowest BCUT2D eigenvalue weighted by Crippen LogP contribution is -2.33. The topological polar surface area (TPSA) is 75.1 Å². The molecule has 1 atom stereocenters. The SMILES string of the molecule is C[C@H](NCc1ncncc1C(=O)O)C1CCCCCC1. The van der Waals surface area contributed by atoms with Crippen LogP contribution in [-0.4, -0.2) is 27.1 Å². The van der Waals surface area contributed by atoms with Gasteiger partial charge >= 0.3 is 5.97 Å². The van der Waals surface area contributed by atoms with Gasteiger partial charge in [-0.1, -0.05) is 25.7 Å². The Hall–Kier alpha value is -1.49. The van der Waals surface area contributed by atoms with Gasteiger partial charge in [-0.15, -0.1) is 0 Å². The van der Waals surface area contributed by atoms with E-state index in [1.807, 2.05) is 0 Å². The molecule has 5 heteroatoms. The molecule has 2 rings (SSSR count). The molecule has 0 saturated heterocycles. The van der Waals surface area contributed by atoms with E-state index in [1.165, 1.54) is 51.0 Å². The molecule has 110 valence electrons. The number of carbonyl (C=O) groups is 1. The minimum atomic E-state index is -0.968. The van der Waals surface area contributed by atoms with Crippen molar-refractivity contribution in [2.75, 3.05) is 0 Å². The zero-order chi connectivity index (χ0) is 14.4. The maximum atomic E-state index is 11.1. The number of hydrogen-bond acceptors (Lipinski definition) is 4. The zero-order valence-corrected chi connectivity index (χ0v) is 12.0. The van der Waals surface area contributed by atoms with Crippen LogP contribution in [0.5, 0.6) is 0 Å². The summed E-state index contributed by atoms with van der Waals surface area (Å²) in [7, 11) is 0. The van der Waals surface area contributed by atoms with Gasteiger partial charge in [0.25, 0.3) is 0 Å². The van der Waals surface area contributed by atoms with E-state index in [9.17, 15) is 4.79 Å². The second kappa shape index (κ2) is 7.33. The quantitative estimate of drug-likeness (QED) is 0.809. The molecule has 2 N–H and O–H groups in total. The first-order valence-electron chi connectivity index (χ1n) is 7.44. The standard InChI is InChI=1S/C15H23N3O2/c1-11(12-6-4-2-3-5-7-12)17-9-14-13(15(19)20)8-16-10-18-14/h8,10-12,17H,2-7,9H2,1H3,(H,19,20)/t11-/m0/s1. The van der Waals surface area contributed by atoms with Crippen LogP contribution in [0.25, 0.3) is 0 Å². The predicted molar refractivity (Wildman–Crippen MR) is 76.5 cm³/mol. The lowest BCUT2D eigenvalue weighted by Gasteiger charge is -2.23. The molecule has 0 aliphatic heterocycles. The highest BCUT2D eigenvalue weighted by Crippen LogP contribution is 2.25. The fraction of sp³-hybridized carbons (Fsp3) is 0.667. The van der Waals surface area contributed by atoms with Crippen molar-refractivity contribution in [3.05, 3.63) is 23.8 Å². The minimum Gasteiger partial charge on any atom is -0.478 e. The third-order valence-electron chi connectivity index (χ3n) is 4.22. The smallest absolute Gasteiger partial charge is 0.339 e. The van der Waals surface area contributed by atoms with Crippen LogP contribution in [-0.2, 0) is 6.54 Å². The van der Waals surface area contributed by atoms with E-state index >= 15 is 0 Å². The Labute approximate surface area is 119 Å². The van der Waals surface area contributed by atoms with E-state index in [0.29, 0.717) is 24.2 Å². The Balaban J connectivity index is 1.92. The third kappa shape index (κ3) is 4.00. The highest BCUT2D eigenvalue weighted by molar-refractivity contribution is 5.88. The molecule has 5 nitrogen and oxygen atoms in total. The summed E-state index contributed by atoms with van der Waals surface area (Å²) in [6.45, 7) is 2.68. The van der Waals surface area contributed by atoms with Gasteiger partial charge in [0.05, 0.1) is 5.69 Å². The third-order valence-corrected chi connectivity index (χ3v) is 4.22. The van der Waals surface area contributed by atoms with Gasteiger partial charge in [-0.05, 0) is 25.7 Å². The van der Waals surface area contributed by atoms with Crippen LogP contribution in [0, 0.1) is 5.92 Å². The maximum Gasteiger partial charge on any atom is 0.339 e. The second-order valence-corrected chi connectivity index (χ2v) is 5.61. The lowest BCUT2D eigenvalue weighted by atomic mass is 9.93. The molecule has 0 unspecified atom stereocenters. The average Bonchev–Trinajstić information content (AvgIpc) is 2.74. The molecule has 1 aromatic rings. The van der Waals surface area contributed by atoms with Crippen LogP contribution < -0.4 is 5.32 Å². The van der Waals surface area contributed by atoms with Crippen molar-refractivity contribution in [1.29, 1.82) is 0 Å². The van der Waals surface area contributed by atoms with Crippen molar-refractivity contribution in [2.45, 2.75) is 58.0 Å². The van der Waals surface area contributed by atoms with Crippen LogP contribution in [0.2, 0.25) is 0 Å². The summed E-state index contributed by atoms with van der Waals surface area (Å²) in [4.78, 5) is 19.0. The fourth-order valence-corrected chi connectivity index (χ4v) is 2.91. The van der Waals surface area contributed by atoms with Gasteiger partial charge in [0.15, 0.2) is 0 Å². The molecule has 1 aliphatic carbocycles. The van der Waals surface area contributed by atoms with E-state index < -0.39 is 5.97 Å². The van der Waals surface area contributed by atoms with Crippen LogP contribution in [0.4, 0.5) is 0 Å². The molecule has 1 aromatic heterocycles. The molecule has 0 aromatic carbocycles. The Morgan fingerprint density at radius 2 is 2.10 bits per heavy atom. The van der Waals surface area contributed by atoms with Crippen molar-refractivity contribution in [1.82, 2.24) is 15.3 Å². The molecule has 1 heterocycles. The van der Waals surface area contributed by atoms with E-state index in [0.717, 1.165) is 0 Å². The molecular weight excluding hydrogens is 254 g/mol. The fourth-order valence-electron chi connectivity index (χ4n) is 2.91. The Kier molecular flexibility index (Phi) is 5.47. The Morgan fingerprint density at radius 3 is 2.75 bits per heavy atom. The Morgan fingerprint density at radius 1 is 1.40 bits per heavy atom. The Bertz CT molecular complexity index is 442. The first kappa shape index (κ1) is 14.9. The molecule has 1 saturated carbocycles. The molecule has 0 amide bonds. The van der Waals surface area contributed by atoms with Crippen LogP contribution in [0.3, 0.4) is 0 Å². The summed E-state index contributed by atoms with van der Waals surface area (Å²) < 4.78 is 0. The van der Waals surface area contributed by atoms with E-state index in [1.54, 1.807) is 0 Å². The summed E-state index contributed by atoms with van der Waals surface area (Å²) in [6, 6.07) is 0.393. The highest BCUT2D eigenvalue weighted by Gasteiger charge is 2.19. The molecular formula is C15H23N3O2. The summed E-state index contributed by atoms with van der Waals surface area (Å²) in [5.41, 5.74) is 0.751. The predicted octanol–water partition coefficient (Wildman–Crippen LogP) is 2.62. The van der Waals surface area contributed by atoms with Crippen molar-refractivity contribution >= 4 is 5.97 Å². The summed E-state index contributed by atoms with van der Waals surface area (Å²) in [6.07, 6.45) is 10.6. The largest absolute Gasteiger partial charge is 0.478 e. The number of nitrogens with zero attached hydrogens (tertiary/aromatic N) is 2. The van der Waals surface area contributed by atoms with Gasteiger partial charge in [0, 0.05) is 18.8 Å². The molecule has 0 spiro atoms. The van der Waals surface area contributed by atoms with Gasteiger partial charge in [0.1, 0.15) is 11.9 Å². The van der Waals surface area contributed by atoms with Gasteiger partial charge in [0.2, 0.25) is 0 Å². The van der Waals surface area contributed by atoms with Gasteiger partial charge in [-0.2, -0.15) is 0 Å². The van der Waals surface area contributed by atoms with E-state index in [2.05, 4.69) is 22.2 Å². The number of aromatic carboxylic acids is 1. The van der Waals surface area contributed by atoms with Crippen molar-refractivity contribution in [3.8, 4) is 0 Å². The molecule has 1 fully saturated rings. The summed E-state index contributed by atoms with van der Waals surface area (Å²) >= 11 is 0. The van der Waals surface area contributed by atoms with Crippen molar-refractivity contribution < 1.29 is 9.90 Å². The zero-order valence-electron chi connectivity index (χ0n) is 12.0. The normalized spacial score (nSPS) is 18.4. The van der Waals surface area contributed by atoms with Gasteiger partial charge < -0.3 is 10.4 Å². The summed E-state index contributed by atoms with van der Waals surface area (Å²) in [5, 5.41) is 12.5. The van der Waals surface area contributed by atoms with Gasteiger partial charge in [-0.3, -0.25) is 0 Å². The molecule has 0 bridgehead atoms. The maximum absolute atomic E-state index is 11.1. The number of hydrogen-bond donors (Lipinski definition) is 2. The lowest BCUT2D eigenvalue weighted by molar-refractivity contribution is 0.0694. The summed E-state index contributed by atoms with van der Waals surface area (Å²) in [5.74, 6) is -0.280. The highest BCUT2D eigenvalue weighted by atomic mass is 16.4. The van der Waals surface area contributed by atoms with Crippen molar-refractivity contribution in [3.63, 3.8) is 0 Å².